The fraction of sp³-hybridized carbons (Fsp3) is 0.500. The van der Waals surface area contributed by atoms with E-state index >= 15 is 0 Å². The van der Waals surface area contributed by atoms with Crippen LogP contribution in [0.3, 0.4) is 0 Å². The number of aryl methyl sites for hydroxylation is 2. The van der Waals surface area contributed by atoms with E-state index in [0.29, 0.717) is 0 Å². The summed E-state index contributed by atoms with van der Waals surface area (Å²) in [7, 11) is 6.22. The molecular weight excluding hydrogens is 290 g/mol. The molecule has 0 saturated heterocycles. The first-order chi connectivity index (χ1) is 10.9. The Bertz CT molecular complexity index is 691. The minimum absolute atomic E-state index is 0.0251. The molecule has 1 N–H and O–H groups in total. The minimum atomic E-state index is -0.393. The number of benzene rings is 1. The summed E-state index contributed by atoms with van der Waals surface area (Å²) in [4.78, 5) is 4.45. The highest BCUT2D eigenvalue weighted by Crippen LogP contribution is 2.53. The molecule has 124 valence electrons. The average molecular weight is 315 g/mol. The molecule has 5 heteroatoms. The predicted molar refractivity (Wildman–Crippen MR) is 90.9 cm³/mol. The molecule has 1 aromatic carbocycles. The third-order valence-corrected chi connectivity index (χ3v) is 5.05. The first kappa shape index (κ1) is 16.0. The van der Waals surface area contributed by atoms with E-state index in [2.05, 4.69) is 48.2 Å². The standard InChI is InChI=1S/C18H25N3O2/c1-12-17(13(2)23-19-12)18(11-20(3)4)15(10-22)14-8-6-7-9-16(14)21(18)5/h6-9,15,22H,10-11H2,1-5H3. The number of hydrogen-bond donors (Lipinski definition) is 1. The lowest BCUT2D eigenvalue weighted by Gasteiger charge is -2.43. The Morgan fingerprint density at radius 3 is 2.57 bits per heavy atom. The largest absolute Gasteiger partial charge is 0.396 e. The lowest BCUT2D eigenvalue weighted by atomic mass is 9.76. The third kappa shape index (κ3) is 2.18. The zero-order chi connectivity index (χ0) is 16.8. The molecule has 0 spiro atoms. The van der Waals surface area contributed by atoms with Crippen molar-refractivity contribution in [3.8, 4) is 0 Å². The van der Waals surface area contributed by atoms with Gasteiger partial charge in [-0.3, -0.25) is 0 Å². The Hall–Kier alpha value is -1.85. The maximum Gasteiger partial charge on any atom is 0.139 e. The third-order valence-electron chi connectivity index (χ3n) is 5.05. The molecule has 0 bridgehead atoms. The molecule has 0 amide bonds. The Morgan fingerprint density at radius 1 is 1.30 bits per heavy atom. The summed E-state index contributed by atoms with van der Waals surface area (Å²) in [6.45, 7) is 4.79. The molecule has 3 rings (SSSR count). The Labute approximate surface area is 137 Å². The van der Waals surface area contributed by atoms with E-state index in [1.54, 1.807) is 0 Å². The number of nitrogens with zero attached hydrogens (tertiary/aromatic N) is 3. The maximum atomic E-state index is 10.3. The van der Waals surface area contributed by atoms with Crippen LogP contribution in [0.4, 0.5) is 5.69 Å². The van der Waals surface area contributed by atoms with E-state index in [4.69, 9.17) is 4.52 Å². The highest BCUT2D eigenvalue weighted by Gasteiger charge is 2.53. The van der Waals surface area contributed by atoms with Crippen molar-refractivity contribution in [2.24, 2.45) is 0 Å². The summed E-state index contributed by atoms with van der Waals surface area (Å²) in [6, 6.07) is 8.31. The first-order valence-corrected chi connectivity index (χ1v) is 7.95. The zero-order valence-electron chi connectivity index (χ0n) is 14.5. The highest BCUT2D eigenvalue weighted by atomic mass is 16.5. The van der Waals surface area contributed by atoms with Crippen LogP contribution in [0.1, 0.15) is 28.5 Å². The second kappa shape index (κ2) is 5.65. The van der Waals surface area contributed by atoms with Crippen LogP contribution >= 0.6 is 0 Å². The van der Waals surface area contributed by atoms with Gasteiger partial charge in [-0.2, -0.15) is 0 Å². The maximum absolute atomic E-state index is 10.3. The molecular formula is C18H25N3O2. The topological polar surface area (TPSA) is 52.7 Å². The molecule has 5 nitrogen and oxygen atoms in total. The fourth-order valence-electron chi connectivity index (χ4n) is 4.26. The quantitative estimate of drug-likeness (QED) is 0.938. The van der Waals surface area contributed by atoms with E-state index in [1.807, 2.05) is 26.0 Å². The van der Waals surface area contributed by atoms with Crippen molar-refractivity contribution >= 4 is 5.69 Å². The molecule has 1 aliphatic heterocycles. The summed E-state index contributed by atoms with van der Waals surface area (Å²) in [5.74, 6) is 0.797. The van der Waals surface area contributed by atoms with Crippen molar-refractivity contribution < 1.29 is 9.63 Å². The van der Waals surface area contributed by atoms with Crippen LogP contribution in [0.25, 0.3) is 0 Å². The predicted octanol–water partition coefficient (Wildman–Crippen LogP) is 2.27. The van der Waals surface area contributed by atoms with Crippen LogP contribution in [0.5, 0.6) is 0 Å². The van der Waals surface area contributed by atoms with E-state index in [0.717, 1.165) is 29.2 Å². The van der Waals surface area contributed by atoms with E-state index < -0.39 is 5.54 Å². The van der Waals surface area contributed by atoms with Crippen LogP contribution in [0.2, 0.25) is 0 Å². The van der Waals surface area contributed by atoms with Crippen LogP contribution in [-0.2, 0) is 5.54 Å². The lowest BCUT2D eigenvalue weighted by molar-refractivity contribution is 0.177. The van der Waals surface area contributed by atoms with Gasteiger partial charge in [-0.05, 0) is 39.6 Å². The van der Waals surface area contributed by atoms with Gasteiger partial charge < -0.3 is 19.4 Å². The second-order valence-corrected chi connectivity index (χ2v) is 6.71. The van der Waals surface area contributed by atoms with E-state index in [9.17, 15) is 5.11 Å². The molecule has 0 fully saturated rings. The average Bonchev–Trinajstić information content (AvgIpc) is 2.96. The van der Waals surface area contributed by atoms with Crippen LogP contribution in [-0.4, -0.2) is 49.5 Å². The van der Waals surface area contributed by atoms with Crippen molar-refractivity contribution in [1.29, 1.82) is 0 Å². The molecule has 2 aromatic rings. The molecule has 1 aromatic heterocycles. The van der Waals surface area contributed by atoms with Gasteiger partial charge in [0, 0.05) is 30.8 Å². The van der Waals surface area contributed by atoms with Gasteiger partial charge >= 0.3 is 0 Å². The number of likely N-dealkylation sites (N-methyl/N-ethyl adjacent to an activating group) is 2. The van der Waals surface area contributed by atoms with Gasteiger partial charge in [0.05, 0.1) is 17.8 Å². The number of aliphatic hydroxyl groups excluding tert-OH is 1. The fourth-order valence-corrected chi connectivity index (χ4v) is 4.26. The summed E-state index contributed by atoms with van der Waals surface area (Å²) in [5, 5.41) is 14.4. The Balaban J connectivity index is 2.28. The number of aromatic nitrogens is 1. The van der Waals surface area contributed by atoms with Gasteiger partial charge in [0.25, 0.3) is 0 Å². The Morgan fingerprint density at radius 2 is 2.00 bits per heavy atom. The lowest BCUT2D eigenvalue weighted by Crippen LogP contribution is -2.52. The Kier molecular flexibility index (Phi) is 3.94. The number of aliphatic hydroxyl groups is 1. The van der Waals surface area contributed by atoms with Gasteiger partial charge in [0.2, 0.25) is 0 Å². The number of rotatable bonds is 4. The van der Waals surface area contributed by atoms with Crippen LogP contribution in [0, 0.1) is 13.8 Å². The van der Waals surface area contributed by atoms with E-state index in [1.165, 1.54) is 5.56 Å². The molecule has 0 aliphatic carbocycles. The molecule has 1 aliphatic rings. The van der Waals surface area contributed by atoms with Gasteiger partial charge in [0.15, 0.2) is 0 Å². The van der Waals surface area contributed by atoms with Crippen molar-refractivity contribution in [1.82, 2.24) is 10.1 Å². The van der Waals surface area contributed by atoms with Gasteiger partial charge in [0.1, 0.15) is 5.76 Å². The molecule has 23 heavy (non-hydrogen) atoms. The number of hydrogen-bond acceptors (Lipinski definition) is 5. The van der Waals surface area contributed by atoms with Crippen molar-refractivity contribution in [3.63, 3.8) is 0 Å². The number of fused-ring (bicyclic) bond motifs is 1. The second-order valence-electron chi connectivity index (χ2n) is 6.71. The van der Waals surface area contributed by atoms with Gasteiger partial charge in [-0.25, -0.2) is 0 Å². The van der Waals surface area contributed by atoms with Crippen molar-refractivity contribution in [3.05, 3.63) is 46.8 Å². The summed E-state index contributed by atoms with van der Waals surface area (Å²) >= 11 is 0. The summed E-state index contributed by atoms with van der Waals surface area (Å²) in [5.41, 5.74) is 3.93. The molecule has 0 saturated carbocycles. The molecule has 2 unspecified atom stereocenters. The van der Waals surface area contributed by atoms with E-state index in [-0.39, 0.29) is 12.5 Å². The zero-order valence-corrected chi connectivity index (χ0v) is 14.5. The first-order valence-electron chi connectivity index (χ1n) is 7.95. The number of para-hydroxylation sites is 1. The normalized spacial score (nSPS) is 23.6. The summed E-state index contributed by atoms with van der Waals surface area (Å²) < 4.78 is 5.48. The van der Waals surface area contributed by atoms with Crippen molar-refractivity contribution in [2.75, 3.05) is 39.2 Å². The SMILES string of the molecule is Cc1noc(C)c1C1(CN(C)C)C(CO)c2ccccc2N1C. The molecule has 0 radical (unpaired) electrons. The van der Waals surface area contributed by atoms with Crippen LogP contribution < -0.4 is 4.90 Å². The molecule has 2 atom stereocenters. The molecule has 2 heterocycles. The minimum Gasteiger partial charge on any atom is -0.396 e. The number of anilines is 1. The summed E-state index contributed by atoms with van der Waals surface area (Å²) in [6.07, 6.45) is 0. The van der Waals surface area contributed by atoms with Crippen LogP contribution in [0.15, 0.2) is 28.8 Å². The van der Waals surface area contributed by atoms with Gasteiger partial charge in [-0.15, -0.1) is 0 Å². The highest BCUT2D eigenvalue weighted by molar-refractivity contribution is 5.66. The van der Waals surface area contributed by atoms with Gasteiger partial charge in [-0.1, -0.05) is 23.4 Å². The smallest absolute Gasteiger partial charge is 0.139 e. The van der Waals surface area contributed by atoms with Crippen molar-refractivity contribution in [2.45, 2.75) is 25.3 Å². The monoisotopic (exact) mass is 315 g/mol.